The van der Waals surface area contributed by atoms with Crippen LogP contribution in [0, 0.1) is 12.7 Å². The summed E-state index contributed by atoms with van der Waals surface area (Å²) in [5.74, 6) is -0.646. The predicted octanol–water partition coefficient (Wildman–Crippen LogP) is 0.976. The first kappa shape index (κ1) is 7.54. The third-order valence-corrected chi connectivity index (χ3v) is 1.32. The van der Waals surface area contributed by atoms with Crippen LogP contribution in [0.2, 0.25) is 5.15 Å². The number of halogens is 2. The van der Waals surface area contributed by atoms with Crippen molar-refractivity contribution in [1.29, 1.82) is 0 Å². The van der Waals surface area contributed by atoms with Crippen LogP contribution in [0.15, 0.2) is 6.07 Å². The summed E-state index contributed by atoms with van der Waals surface area (Å²) in [5, 5.41) is -0.169. The lowest BCUT2D eigenvalue weighted by molar-refractivity contribution is 0.629. The average molecular weight is 155 g/mol. The van der Waals surface area contributed by atoms with E-state index in [0.717, 1.165) is 0 Å². The highest BCUT2D eigenvalue weighted by Gasteiger charge is 2.03. The van der Waals surface area contributed by atoms with Crippen molar-refractivity contribution in [3.63, 3.8) is 0 Å². The Morgan fingerprint density at radius 2 is 2.30 bits per heavy atom. The fourth-order valence-corrected chi connectivity index (χ4v) is 0.886. The van der Waals surface area contributed by atoms with Crippen LogP contribution in [0.5, 0.6) is 0 Å². The van der Waals surface area contributed by atoms with Gasteiger partial charge in [0.05, 0.1) is 0 Å². The zero-order valence-electron chi connectivity index (χ0n) is 5.36. The number of rotatable bonds is 0. The molecule has 1 heterocycles. The summed E-state index contributed by atoms with van der Waals surface area (Å²) in [5.41, 5.74) is 0.654. The van der Waals surface area contributed by atoms with Crippen molar-refractivity contribution in [2.75, 3.05) is 0 Å². The maximum atomic E-state index is 12.6. The molecule has 1 aromatic heterocycles. The van der Waals surface area contributed by atoms with Crippen molar-refractivity contribution in [2.45, 2.75) is 6.92 Å². The van der Waals surface area contributed by atoms with Gasteiger partial charge in [-0.3, -0.25) is 0 Å². The first-order chi connectivity index (χ1) is 4.61. The molecule has 0 aliphatic carbocycles. The summed E-state index contributed by atoms with van der Waals surface area (Å²) in [6.07, 6.45) is 0. The van der Waals surface area contributed by atoms with Gasteiger partial charge in [0.25, 0.3) is 0 Å². The van der Waals surface area contributed by atoms with Gasteiger partial charge in [-0.25, -0.2) is 9.37 Å². The zero-order valence-corrected chi connectivity index (χ0v) is 6.11. The van der Waals surface area contributed by atoms with E-state index in [1.165, 1.54) is 6.07 Å². The van der Waals surface area contributed by atoms with E-state index in [2.05, 4.69) is 4.98 Å². The lowest BCUT2D eigenvalue weighted by atomic mass is 9.96. The number of hydrogen-bond acceptors (Lipinski definition) is 1. The Morgan fingerprint density at radius 1 is 1.70 bits per heavy atom. The van der Waals surface area contributed by atoms with Crippen molar-refractivity contribution in [1.82, 2.24) is 4.98 Å². The smallest absolute Gasteiger partial charge is 0.164 e. The fourth-order valence-electron chi connectivity index (χ4n) is 0.644. The Hall–Kier alpha value is -0.565. The van der Waals surface area contributed by atoms with Crippen molar-refractivity contribution < 1.29 is 4.39 Å². The summed E-state index contributed by atoms with van der Waals surface area (Å²) >= 11 is 5.35. The quantitative estimate of drug-likeness (QED) is 0.402. The van der Waals surface area contributed by atoms with Crippen LogP contribution in [0.25, 0.3) is 0 Å². The van der Waals surface area contributed by atoms with Crippen molar-refractivity contribution >= 4 is 24.9 Å². The summed E-state index contributed by atoms with van der Waals surface area (Å²) < 4.78 is 12.6. The normalized spacial score (nSPS) is 9.90. The summed E-state index contributed by atoms with van der Waals surface area (Å²) in [6, 6.07) is 1.43. The van der Waals surface area contributed by atoms with Crippen LogP contribution >= 0.6 is 11.6 Å². The van der Waals surface area contributed by atoms with Gasteiger partial charge in [0.1, 0.15) is 7.85 Å². The minimum atomic E-state index is -0.646. The van der Waals surface area contributed by atoms with Crippen molar-refractivity contribution in [3.05, 3.63) is 22.7 Å². The molecule has 4 heteroatoms. The largest absolute Gasteiger partial charge is 0.238 e. The molecule has 1 aromatic rings. The Kier molecular flexibility index (Phi) is 1.95. The van der Waals surface area contributed by atoms with Crippen LogP contribution in [-0.2, 0) is 0 Å². The number of aromatic nitrogens is 1. The third-order valence-electron chi connectivity index (χ3n) is 1.07. The van der Waals surface area contributed by atoms with Crippen molar-refractivity contribution in [2.24, 2.45) is 0 Å². The van der Waals surface area contributed by atoms with Gasteiger partial charge in [0.15, 0.2) is 11.0 Å². The molecule has 0 atom stereocenters. The number of pyridine rings is 1. The maximum absolute atomic E-state index is 12.6. The molecule has 0 amide bonds. The average Bonchev–Trinajstić information content (AvgIpc) is 1.82. The van der Waals surface area contributed by atoms with Crippen LogP contribution in [0.4, 0.5) is 4.39 Å². The van der Waals surface area contributed by atoms with E-state index in [1.807, 2.05) is 0 Å². The van der Waals surface area contributed by atoms with Gasteiger partial charge in [-0.2, -0.15) is 0 Å². The monoisotopic (exact) mass is 155 g/mol. The topological polar surface area (TPSA) is 12.9 Å². The molecule has 0 aliphatic heterocycles. The molecule has 1 nitrogen and oxygen atoms in total. The third kappa shape index (κ3) is 1.29. The fraction of sp³-hybridized carbons (Fsp3) is 0.167. The van der Waals surface area contributed by atoms with E-state index < -0.39 is 5.82 Å². The van der Waals surface area contributed by atoms with Gasteiger partial charge in [0, 0.05) is 5.69 Å². The lowest BCUT2D eigenvalue weighted by Gasteiger charge is -1.98. The Morgan fingerprint density at radius 3 is 2.80 bits per heavy atom. The molecular weight excluding hydrogens is 151 g/mol. The Balaban J connectivity index is 3.31. The van der Waals surface area contributed by atoms with Gasteiger partial charge in [-0.1, -0.05) is 17.1 Å². The predicted molar refractivity (Wildman–Crippen MR) is 39.3 cm³/mol. The first-order valence-electron chi connectivity index (χ1n) is 2.69. The molecule has 0 aliphatic rings. The van der Waals surface area contributed by atoms with E-state index >= 15 is 0 Å². The Bertz CT molecular complexity index is 241. The second kappa shape index (κ2) is 2.58. The molecular formula is C6H4BClFN. The van der Waals surface area contributed by atoms with E-state index in [4.69, 9.17) is 19.4 Å². The standard InChI is InChI=1S/C6H4BClFN/c1-3-2-4(7)5(9)6(8)10-3/h2H,1H3. The number of aryl methyl sites for hydroxylation is 1. The summed E-state index contributed by atoms with van der Waals surface area (Å²) in [6.45, 7) is 1.70. The lowest BCUT2D eigenvalue weighted by Crippen LogP contribution is -2.10. The Labute approximate surface area is 64.6 Å². The molecule has 0 spiro atoms. The van der Waals surface area contributed by atoms with E-state index in [9.17, 15) is 4.39 Å². The van der Waals surface area contributed by atoms with Crippen LogP contribution in [0.1, 0.15) is 5.69 Å². The van der Waals surface area contributed by atoms with Gasteiger partial charge < -0.3 is 0 Å². The first-order valence-corrected chi connectivity index (χ1v) is 3.07. The number of hydrogen-bond donors (Lipinski definition) is 0. The molecule has 2 radical (unpaired) electrons. The molecule has 0 aromatic carbocycles. The van der Waals surface area contributed by atoms with E-state index in [0.29, 0.717) is 5.69 Å². The van der Waals surface area contributed by atoms with E-state index in [-0.39, 0.29) is 10.6 Å². The summed E-state index contributed by atoms with van der Waals surface area (Å²) in [7, 11) is 5.22. The highest BCUT2D eigenvalue weighted by molar-refractivity contribution is 6.35. The van der Waals surface area contributed by atoms with Gasteiger partial charge in [-0.05, 0) is 13.0 Å². The molecule has 10 heavy (non-hydrogen) atoms. The second-order valence-electron chi connectivity index (χ2n) is 1.96. The second-order valence-corrected chi connectivity index (χ2v) is 2.32. The van der Waals surface area contributed by atoms with E-state index in [1.54, 1.807) is 6.92 Å². The van der Waals surface area contributed by atoms with Gasteiger partial charge in [0.2, 0.25) is 0 Å². The minimum Gasteiger partial charge on any atom is -0.238 e. The molecule has 1 rings (SSSR count). The minimum absolute atomic E-state index is 0.0394. The highest BCUT2D eigenvalue weighted by Crippen LogP contribution is 2.07. The summed E-state index contributed by atoms with van der Waals surface area (Å²) in [4.78, 5) is 3.64. The zero-order chi connectivity index (χ0) is 7.72. The highest BCUT2D eigenvalue weighted by atomic mass is 35.5. The molecule has 0 N–H and O–H groups in total. The van der Waals surface area contributed by atoms with Gasteiger partial charge >= 0.3 is 0 Å². The van der Waals surface area contributed by atoms with Crippen LogP contribution < -0.4 is 5.46 Å². The van der Waals surface area contributed by atoms with Crippen LogP contribution in [0.3, 0.4) is 0 Å². The van der Waals surface area contributed by atoms with Crippen molar-refractivity contribution in [3.8, 4) is 0 Å². The van der Waals surface area contributed by atoms with Crippen LogP contribution in [-0.4, -0.2) is 12.8 Å². The molecule has 50 valence electrons. The van der Waals surface area contributed by atoms with Gasteiger partial charge in [-0.15, -0.1) is 0 Å². The maximum Gasteiger partial charge on any atom is 0.164 e. The number of nitrogens with zero attached hydrogens (tertiary/aromatic N) is 1. The molecule has 0 bridgehead atoms. The molecule has 0 unspecified atom stereocenters. The molecule has 0 saturated heterocycles. The molecule has 0 fully saturated rings. The SMILES string of the molecule is [B]c1cc(C)nc(Cl)c1F. The molecule has 0 saturated carbocycles.